The molecule has 1 aliphatic heterocycles. The molecule has 1 aliphatic rings. The molecule has 5 atom stereocenters. The van der Waals surface area contributed by atoms with Gasteiger partial charge in [-0.25, -0.2) is 4.79 Å². The lowest BCUT2D eigenvalue weighted by Gasteiger charge is -2.44. The summed E-state index contributed by atoms with van der Waals surface area (Å²) in [5.74, 6) is -0.717. The molecular weight excluding hydrogens is 489 g/mol. The van der Waals surface area contributed by atoms with E-state index in [-0.39, 0.29) is 19.1 Å². The SMILES string of the molecule is CCCCOCC1O[C@@H](O)C(NC(=O)OCC(Cl)(Cl)CCl)[C@@H](OCCCC)[C@@H]1OC(C)=O. The Morgan fingerprint density at radius 3 is 2.38 bits per heavy atom. The highest BCUT2D eigenvalue weighted by Crippen LogP contribution is 2.27. The number of hydrogen-bond donors (Lipinski definition) is 2. The van der Waals surface area contributed by atoms with Crippen LogP contribution in [-0.4, -0.2) is 84.5 Å². The number of alkyl halides is 3. The van der Waals surface area contributed by atoms with E-state index < -0.39 is 47.0 Å². The molecule has 0 spiro atoms. The molecule has 0 aromatic carbocycles. The Kier molecular flexibility index (Phi) is 14.2. The van der Waals surface area contributed by atoms with Gasteiger partial charge in [0.1, 0.15) is 24.9 Å². The van der Waals surface area contributed by atoms with Crippen molar-refractivity contribution in [2.45, 2.75) is 81.4 Å². The predicted octanol–water partition coefficient (Wildman–Crippen LogP) is 3.14. The lowest BCUT2D eigenvalue weighted by atomic mass is 9.96. The molecule has 12 heteroatoms. The minimum absolute atomic E-state index is 0.0799. The highest BCUT2D eigenvalue weighted by molar-refractivity contribution is 6.51. The normalized spacial score (nSPS) is 25.9. The highest BCUT2D eigenvalue weighted by atomic mass is 35.5. The fraction of sp³-hybridized carbons (Fsp3) is 0.900. The van der Waals surface area contributed by atoms with E-state index in [9.17, 15) is 14.7 Å². The number of carbonyl (C=O) groups is 2. The van der Waals surface area contributed by atoms with Crippen molar-refractivity contribution < 1.29 is 38.4 Å². The second kappa shape index (κ2) is 15.4. The predicted molar refractivity (Wildman–Crippen MR) is 120 cm³/mol. The Labute approximate surface area is 204 Å². The Morgan fingerprint density at radius 1 is 1.12 bits per heavy atom. The van der Waals surface area contributed by atoms with Crippen LogP contribution in [0, 0.1) is 0 Å². The summed E-state index contributed by atoms with van der Waals surface area (Å²) in [4.78, 5) is 24.1. The quantitative estimate of drug-likeness (QED) is 0.203. The zero-order valence-electron chi connectivity index (χ0n) is 18.7. The molecule has 9 nitrogen and oxygen atoms in total. The average Bonchev–Trinajstić information content (AvgIpc) is 2.74. The van der Waals surface area contributed by atoms with Crippen LogP contribution in [0.1, 0.15) is 46.5 Å². The number of ether oxygens (including phenoxy) is 5. The lowest BCUT2D eigenvalue weighted by Crippen LogP contribution is -2.66. The molecule has 1 rings (SSSR count). The van der Waals surface area contributed by atoms with E-state index in [4.69, 9.17) is 58.5 Å². The Balaban J connectivity index is 2.97. The van der Waals surface area contributed by atoms with Gasteiger partial charge in [-0.15, -0.1) is 11.6 Å². The van der Waals surface area contributed by atoms with E-state index in [1.54, 1.807) is 0 Å². The molecular formula is C20H34Cl3NO8. The number of carbonyl (C=O) groups excluding carboxylic acids is 2. The third-order valence-corrected chi connectivity index (χ3v) is 5.81. The van der Waals surface area contributed by atoms with E-state index >= 15 is 0 Å². The highest BCUT2D eigenvalue weighted by Gasteiger charge is 2.49. The maximum absolute atomic E-state index is 12.3. The summed E-state index contributed by atoms with van der Waals surface area (Å²) in [5, 5.41) is 13.1. The van der Waals surface area contributed by atoms with E-state index in [0.29, 0.717) is 13.2 Å². The topological polar surface area (TPSA) is 113 Å². The van der Waals surface area contributed by atoms with Crippen molar-refractivity contribution in [1.82, 2.24) is 5.32 Å². The van der Waals surface area contributed by atoms with E-state index in [1.807, 2.05) is 13.8 Å². The molecule has 0 aromatic heterocycles. The summed E-state index contributed by atoms with van der Waals surface area (Å²) in [6.45, 7) is 5.80. The first-order valence-electron chi connectivity index (χ1n) is 10.7. The molecule has 2 unspecified atom stereocenters. The van der Waals surface area contributed by atoms with Crippen molar-refractivity contribution in [1.29, 1.82) is 0 Å². The summed E-state index contributed by atoms with van der Waals surface area (Å²) < 4.78 is 26.2. The van der Waals surface area contributed by atoms with Crippen molar-refractivity contribution >= 4 is 46.9 Å². The summed E-state index contributed by atoms with van der Waals surface area (Å²) in [6.07, 6.45) is -1.62. The first-order valence-corrected chi connectivity index (χ1v) is 12.0. The van der Waals surface area contributed by atoms with Crippen molar-refractivity contribution in [2.75, 3.05) is 32.3 Å². The summed E-state index contributed by atoms with van der Waals surface area (Å²) in [6, 6.07) is -1.09. The van der Waals surface area contributed by atoms with Gasteiger partial charge in [-0.2, -0.15) is 0 Å². The summed E-state index contributed by atoms with van der Waals surface area (Å²) in [7, 11) is 0. The number of hydrogen-bond acceptors (Lipinski definition) is 8. The Morgan fingerprint density at radius 2 is 1.78 bits per heavy atom. The largest absolute Gasteiger partial charge is 0.457 e. The number of aliphatic hydroxyl groups is 1. The number of aliphatic hydroxyl groups excluding tert-OH is 1. The Hall–Kier alpha value is -0.550. The first kappa shape index (κ1) is 29.5. The van der Waals surface area contributed by atoms with Crippen molar-refractivity contribution in [2.24, 2.45) is 0 Å². The Bertz CT molecular complexity index is 569. The van der Waals surface area contributed by atoms with Crippen molar-refractivity contribution in [3.05, 3.63) is 0 Å². The molecule has 2 N–H and O–H groups in total. The fourth-order valence-electron chi connectivity index (χ4n) is 2.94. The second-order valence-electron chi connectivity index (χ2n) is 7.49. The first-order chi connectivity index (χ1) is 15.1. The van der Waals surface area contributed by atoms with Crippen LogP contribution in [0.4, 0.5) is 4.79 Å². The monoisotopic (exact) mass is 521 g/mol. The van der Waals surface area contributed by atoms with Gasteiger partial charge in [0.25, 0.3) is 0 Å². The maximum Gasteiger partial charge on any atom is 0.407 e. The van der Waals surface area contributed by atoms with E-state index in [2.05, 4.69) is 5.32 Å². The maximum atomic E-state index is 12.3. The van der Waals surface area contributed by atoms with Gasteiger partial charge in [-0.3, -0.25) is 4.79 Å². The number of alkyl carbamates (subject to hydrolysis) is 1. The smallest absolute Gasteiger partial charge is 0.407 e. The molecule has 1 fully saturated rings. The third-order valence-electron chi connectivity index (χ3n) is 4.59. The third kappa shape index (κ3) is 10.6. The van der Waals surface area contributed by atoms with Crippen molar-refractivity contribution in [3.63, 3.8) is 0 Å². The lowest BCUT2D eigenvalue weighted by molar-refractivity contribution is -0.268. The number of amides is 1. The van der Waals surface area contributed by atoms with Crippen LogP contribution in [0.25, 0.3) is 0 Å². The summed E-state index contributed by atoms with van der Waals surface area (Å²) in [5.41, 5.74) is 0. The fourth-order valence-corrected chi connectivity index (χ4v) is 3.12. The zero-order chi connectivity index (χ0) is 24.1. The molecule has 32 heavy (non-hydrogen) atoms. The van der Waals surface area contributed by atoms with E-state index in [1.165, 1.54) is 6.92 Å². The number of unbranched alkanes of at least 4 members (excludes halogenated alkanes) is 2. The van der Waals surface area contributed by atoms with Gasteiger partial charge in [0.05, 0.1) is 12.5 Å². The van der Waals surface area contributed by atoms with Gasteiger partial charge in [0, 0.05) is 20.1 Å². The molecule has 1 amide bonds. The van der Waals surface area contributed by atoms with Crippen LogP contribution in [0.3, 0.4) is 0 Å². The molecule has 0 saturated carbocycles. The van der Waals surface area contributed by atoms with Gasteiger partial charge >= 0.3 is 12.1 Å². The van der Waals surface area contributed by atoms with Crippen molar-refractivity contribution in [3.8, 4) is 0 Å². The van der Waals surface area contributed by atoms with Crippen LogP contribution in [0.2, 0.25) is 0 Å². The molecule has 1 saturated heterocycles. The standard InChI is InChI=1S/C20H34Cl3NO8/c1-4-6-8-28-10-14-16(31-13(3)25)17(29-9-7-5-2)15(18(26)32-14)24-19(27)30-12-20(22,23)11-21/h14-18,26H,4-12H2,1-3H3,(H,24,27)/t14?,15?,16-,17-,18-/m1/s1. The number of halogens is 3. The van der Waals surface area contributed by atoms with Crippen LogP contribution in [0.5, 0.6) is 0 Å². The molecule has 188 valence electrons. The van der Waals surface area contributed by atoms with Crippen LogP contribution in [0.15, 0.2) is 0 Å². The molecule has 1 heterocycles. The number of esters is 1. The zero-order valence-corrected chi connectivity index (χ0v) is 21.0. The second-order valence-corrected chi connectivity index (χ2v) is 9.40. The minimum atomic E-state index is -1.47. The minimum Gasteiger partial charge on any atom is -0.457 e. The van der Waals surface area contributed by atoms with Crippen LogP contribution >= 0.6 is 34.8 Å². The average molecular weight is 523 g/mol. The van der Waals surface area contributed by atoms with Crippen LogP contribution in [-0.2, 0) is 28.5 Å². The molecule has 0 radical (unpaired) electrons. The van der Waals surface area contributed by atoms with Gasteiger partial charge in [0.15, 0.2) is 16.7 Å². The molecule has 0 aromatic rings. The number of nitrogens with one attached hydrogen (secondary N) is 1. The van der Waals surface area contributed by atoms with Gasteiger partial charge in [-0.05, 0) is 12.8 Å². The number of rotatable bonds is 14. The van der Waals surface area contributed by atoms with E-state index in [0.717, 1.165) is 25.7 Å². The molecule has 0 aliphatic carbocycles. The van der Waals surface area contributed by atoms with Crippen LogP contribution < -0.4 is 5.32 Å². The summed E-state index contributed by atoms with van der Waals surface area (Å²) >= 11 is 17.4. The van der Waals surface area contributed by atoms with Gasteiger partial charge in [0.2, 0.25) is 0 Å². The van der Waals surface area contributed by atoms with Gasteiger partial charge < -0.3 is 34.1 Å². The molecule has 0 bridgehead atoms. The van der Waals surface area contributed by atoms with Gasteiger partial charge in [-0.1, -0.05) is 49.9 Å².